The number of nitrogens with zero attached hydrogens (tertiary/aromatic N) is 1. The summed E-state index contributed by atoms with van der Waals surface area (Å²) in [6.07, 6.45) is 0.990. The molecule has 1 saturated heterocycles. The van der Waals surface area contributed by atoms with Crippen LogP contribution in [0.5, 0.6) is 5.75 Å². The molecule has 0 bridgehead atoms. The molecule has 1 fully saturated rings. The van der Waals surface area contributed by atoms with E-state index in [2.05, 4.69) is 31.9 Å². The van der Waals surface area contributed by atoms with Crippen LogP contribution < -0.4 is 37.6 Å². The summed E-state index contributed by atoms with van der Waals surface area (Å²) in [6, 6.07) is 7.89. The third-order valence-electron chi connectivity index (χ3n) is 11.0. The summed E-state index contributed by atoms with van der Waals surface area (Å²) >= 11 is 0. The highest BCUT2D eigenvalue weighted by Crippen LogP contribution is 2.41. The predicted molar refractivity (Wildman–Crippen MR) is 235 cm³/mol. The highest BCUT2D eigenvalue weighted by molar-refractivity contribution is 7.91. The predicted octanol–water partition coefficient (Wildman–Crippen LogP) is 1.44. The van der Waals surface area contributed by atoms with Crippen LogP contribution in [0.1, 0.15) is 92.6 Å². The summed E-state index contributed by atoms with van der Waals surface area (Å²) in [4.78, 5) is 106. The first kappa shape index (κ1) is 48.2. The number of carbonyl (C=O) groups excluding carboxylic acids is 8. The Kier molecular flexibility index (Phi) is 15.2. The smallest absolute Gasteiger partial charge is 0.245 e. The number of anilines is 3. The minimum atomic E-state index is -4.03. The number of phenolic OH excluding ortho intramolecular Hbond substituents is 1. The summed E-state index contributed by atoms with van der Waals surface area (Å²) in [5.74, 6) is -5.90. The number of hydrogen-bond donors (Lipinski definition) is 8. The van der Waals surface area contributed by atoms with Crippen LogP contribution in [0, 0.1) is 5.92 Å². The normalized spacial score (nSPS) is 16.4. The lowest BCUT2D eigenvalue weighted by Crippen LogP contribution is -2.59. The Labute approximate surface area is 370 Å². The molecule has 6 amide bonds. The molecular formula is C44H54N8O11S. The zero-order valence-corrected chi connectivity index (χ0v) is 37.2. The first-order valence-corrected chi connectivity index (χ1v) is 22.5. The third-order valence-corrected chi connectivity index (χ3v) is 12.7. The SMILES string of the molecule is CCC(=O)NC(C)C(=O)NC(C)C(=O)N1CCCC1C(=O)NC(C(=O)NC(C)C(=O)NCCS(=O)(=O)c1cccc(Nc2cc(O)c(N)c3c2C(=O)c2ccccc2C3=O)c1)C(C)C. The Balaban J connectivity index is 1.16. The van der Waals surface area contributed by atoms with E-state index in [0.717, 1.165) is 0 Å². The number of ketones is 2. The van der Waals surface area contributed by atoms with E-state index in [1.165, 1.54) is 68.1 Å². The molecule has 20 heteroatoms. The van der Waals surface area contributed by atoms with Crippen molar-refractivity contribution in [3.05, 3.63) is 76.9 Å². The number of benzene rings is 3. The first-order valence-electron chi connectivity index (χ1n) is 20.9. The third kappa shape index (κ3) is 10.7. The van der Waals surface area contributed by atoms with Gasteiger partial charge in [0.2, 0.25) is 35.4 Å². The molecule has 0 spiro atoms. The lowest BCUT2D eigenvalue weighted by atomic mass is 9.82. The van der Waals surface area contributed by atoms with E-state index in [4.69, 9.17) is 5.73 Å². The topological polar surface area (TPSA) is 292 Å². The molecule has 9 N–H and O–H groups in total. The van der Waals surface area contributed by atoms with Gasteiger partial charge in [-0.15, -0.1) is 0 Å². The van der Waals surface area contributed by atoms with E-state index < -0.39 is 98.6 Å². The molecule has 1 aliphatic carbocycles. The quantitative estimate of drug-likeness (QED) is 0.0551. The minimum absolute atomic E-state index is 0.0287. The molecule has 0 saturated carbocycles. The average Bonchev–Trinajstić information content (AvgIpc) is 3.75. The summed E-state index contributed by atoms with van der Waals surface area (Å²) in [5, 5.41) is 26.4. The molecule has 342 valence electrons. The fraction of sp³-hybridized carbons (Fsp3) is 0.409. The van der Waals surface area contributed by atoms with Crippen LogP contribution in [0.3, 0.4) is 0 Å². The van der Waals surface area contributed by atoms with Gasteiger partial charge in [0.1, 0.15) is 36.0 Å². The molecule has 5 atom stereocenters. The number of carbonyl (C=O) groups is 8. The van der Waals surface area contributed by atoms with Gasteiger partial charge in [0.15, 0.2) is 21.4 Å². The maximum atomic E-state index is 13.6. The van der Waals surface area contributed by atoms with Crippen molar-refractivity contribution >= 4 is 73.9 Å². The number of nitrogens with one attached hydrogen (secondary N) is 6. The molecule has 3 aromatic carbocycles. The number of nitrogens with two attached hydrogens (primary N) is 1. The molecule has 5 unspecified atom stereocenters. The second-order valence-corrected chi connectivity index (χ2v) is 18.2. The summed E-state index contributed by atoms with van der Waals surface area (Å²) in [6.45, 7) is 9.27. The average molecular weight is 903 g/mol. The van der Waals surface area contributed by atoms with Crippen LogP contribution >= 0.6 is 0 Å². The van der Waals surface area contributed by atoms with Crippen molar-refractivity contribution in [2.24, 2.45) is 5.92 Å². The lowest BCUT2D eigenvalue weighted by Gasteiger charge is -2.30. The van der Waals surface area contributed by atoms with Gasteiger partial charge in [-0.05, 0) is 57.7 Å². The van der Waals surface area contributed by atoms with Gasteiger partial charge in [0, 0.05) is 42.4 Å². The van der Waals surface area contributed by atoms with Crippen molar-refractivity contribution < 1.29 is 51.9 Å². The number of fused-ring (bicyclic) bond motifs is 2. The van der Waals surface area contributed by atoms with Crippen molar-refractivity contribution in [3.8, 4) is 5.75 Å². The van der Waals surface area contributed by atoms with Crippen LogP contribution in [0.25, 0.3) is 0 Å². The molecule has 1 aliphatic heterocycles. The second-order valence-electron chi connectivity index (χ2n) is 16.1. The van der Waals surface area contributed by atoms with E-state index in [0.29, 0.717) is 12.8 Å². The van der Waals surface area contributed by atoms with Gasteiger partial charge in [0.25, 0.3) is 0 Å². The van der Waals surface area contributed by atoms with E-state index in [-0.39, 0.29) is 69.6 Å². The highest BCUT2D eigenvalue weighted by atomic mass is 32.2. The Hall–Kier alpha value is -6.83. The Morgan fingerprint density at radius 2 is 1.42 bits per heavy atom. The van der Waals surface area contributed by atoms with Gasteiger partial charge in [-0.25, -0.2) is 8.42 Å². The Bertz CT molecular complexity index is 2490. The van der Waals surface area contributed by atoms with Gasteiger partial charge in [-0.1, -0.05) is 51.1 Å². The van der Waals surface area contributed by atoms with Crippen molar-refractivity contribution in [3.63, 3.8) is 0 Å². The number of likely N-dealkylation sites (tertiary alicyclic amines) is 1. The second kappa shape index (κ2) is 20.1. The number of amides is 6. The largest absolute Gasteiger partial charge is 0.506 e. The van der Waals surface area contributed by atoms with E-state index in [1.807, 2.05) is 0 Å². The number of nitrogen functional groups attached to an aromatic ring is 1. The summed E-state index contributed by atoms with van der Waals surface area (Å²) in [5.41, 5.74) is 6.05. The van der Waals surface area contributed by atoms with Gasteiger partial charge in [-0.3, -0.25) is 38.4 Å². The molecule has 64 heavy (non-hydrogen) atoms. The Morgan fingerprint density at radius 3 is 2.06 bits per heavy atom. The van der Waals surface area contributed by atoms with Gasteiger partial charge < -0.3 is 47.6 Å². The zero-order valence-electron chi connectivity index (χ0n) is 36.4. The van der Waals surface area contributed by atoms with Crippen LogP contribution in [-0.2, 0) is 38.6 Å². The maximum Gasteiger partial charge on any atom is 0.245 e. The molecule has 3 aromatic rings. The zero-order chi connectivity index (χ0) is 47.2. The van der Waals surface area contributed by atoms with E-state index in [1.54, 1.807) is 32.9 Å². The van der Waals surface area contributed by atoms with Gasteiger partial charge in [-0.2, -0.15) is 0 Å². The Morgan fingerprint density at radius 1 is 0.797 bits per heavy atom. The number of phenols is 1. The molecule has 19 nitrogen and oxygen atoms in total. The molecule has 0 radical (unpaired) electrons. The maximum absolute atomic E-state index is 13.6. The highest BCUT2D eigenvalue weighted by Gasteiger charge is 2.39. The summed E-state index contributed by atoms with van der Waals surface area (Å²) < 4.78 is 26.9. The van der Waals surface area contributed by atoms with Crippen molar-refractivity contribution in [1.29, 1.82) is 0 Å². The van der Waals surface area contributed by atoms with E-state index >= 15 is 0 Å². The molecule has 1 heterocycles. The van der Waals surface area contributed by atoms with Crippen LogP contribution in [-0.4, -0.2) is 114 Å². The summed E-state index contributed by atoms with van der Waals surface area (Å²) in [7, 11) is -4.03. The minimum Gasteiger partial charge on any atom is -0.506 e. The van der Waals surface area contributed by atoms with Crippen molar-refractivity contribution in [2.45, 2.75) is 95.9 Å². The fourth-order valence-corrected chi connectivity index (χ4v) is 8.62. The monoisotopic (exact) mass is 902 g/mol. The molecule has 5 rings (SSSR count). The molecular weight excluding hydrogens is 849 g/mol. The van der Waals surface area contributed by atoms with E-state index in [9.17, 15) is 51.9 Å². The van der Waals surface area contributed by atoms with Crippen LogP contribution in [0.15, 0.2) is 59.5 Å². The van der Waals surface area contributed by atoms with Crippen LogP contribution in [0.4, 0.5) is 17.1 Å². The van der Waals surface area contributed by atoms with Crippen LogP contribution in [0.2, 0.25) is 0 Å². The van der Waals surface area contributed by atoms with Crippen molar-refractivity contribution in [2.75, 3.05) is 29.9 Å². The lowest BCUT2D eigenvalue weighted by molar-refractivity contribution is -0.142. The first-order chi connectivity index (χ1) is 30.2. The van der Waals surface area contributed by atoms with Gasteiger partial charge in [0.05, 0.1) is 33.2 Å². The molecule has 2 aliphatic rings. The van der Waals surface area contributed by atoms with Gasteiger partial charge >= 0.3 is 0 Å². The standard InChI is InChI=1S/C44H54N8O11S/c1-7-33(54)47-24(5)41(58)49-25(6)44(61)52-18-11-16-31(52)42(59)51-37(22(2)3)43(60)48-23(4)40(57)46-17-19-64(62,63)27-13-10-12-26(20-27)50-30-21-32(53)36(45)35-34(30)38(55)28-14-8-9-15-29(28)39(35)56/h8-10,12-15,20-25,31,37,50,53H,7,11,16-19,45H2,1-6H3,(H,46,57)(H,47,54)(H,48,60)(H,49,58)(H,51,59). The number of aromatic hydroxyl groups is 1. The molecule has 0 aromatic heterocycles. The number of hydrogen-bond acceptors (Lipinski definition) is 13. The fourth-order valence-electron chi connectivity index (χ4n) is 7.42. The van der Waals surface area contributed by atoms with Crippen molar-refractivity contribution in [1.82, 2.24) is 31.5 Å². The number of rotatable bonds is 17. The number of sulfone groups is 1.